The van der Waals surface area contributed by atoms with E-state index in [4.69, 9.17) is 0 Å². The fourth-order valence-electron chi connectivity index (χ4n) is 4.09. The fourth-order valence-corrected chi connectivity index (χ4v) is 4.82. The molecular weight excluding hydrogens is 318 g/mol. The highest BCUT2D eigenvalue weighted by molar-refractivity contribution is 7.14. The molecule has 2 aliphatic rings. The van der Waals surface area contributed by atoms with Gasteiger partial charge in [-0.2, -0.15) is 0 Å². The molecule has 2 unspecified atom stereocenters. The van der Waals surface area contributed by atoms with Gasteiger partial charge in [-0.15, -0.1) is 11.3 Å². The second-order valence-electron chi connectivity index (χ2n) is 7.08. The van der Waals surface area contributed by atoms with Crippen molar-refractivity contribution in [3.63, 3.8) is 0 Å². The second kappa shape index (κ2) is 6.65. The minimum absolute atomic E-state index is 0.104. The standard InChI is InChI=1S/C19H23N3OS/c1-12-4-2-3-5-16(12)17-11-24-19(21-17)22-18(23)10-13-8-14-6-7-15(9-13)20-14/h2-5,11,13-15,20H,6-10H2,1H3,(H,21,22,23). The van der Waals surface area contributed by atoms with Crippen molar-refractivity contribution in [2.24, 2.45) is 5.92 Å². The summed E-state index contributed by atoms with van der Waals surface area (Å²) in [5.41, 5.74) is 3.27. The Morgan fingerprint density at radius 1 is 1.29 bits per heavy atom. The Balaban J connectivity index is 1.37. The van der Waals surface area contributed by atoms with Crippen molar-refractivity contribution >= 4 is 22.4 Å². The lowest BCUT2D eigenvalue weighted by Gasteiger charge is -2.28. The summed E-state index contributed by atoms with van der Waals surface area (Å²) >= 11 is 1.50. The zero-order valence-electron chi connectivity index (χ0n) is 13.9. The zero-order chi connectivity index (χ0) is 16.5. The van der Waals surface area contributed by atoms with E-state index < -0.39 is 0 Å². The quantitative estimate of drug-likeness (QED) is 0.884. The van der Waals surface area contributed by atoms with Crippen molar-refractivity contribution in [2.45, 2.75) is 51.1 Å². The van der Waals surface area contributed by atoms with Crippen LogP contribution in [0.3, 0.4) is 0 Å². The highest BCUT2D eigenvalue weighted by Gasteiger charge is 2.34. The molecule has 3 heterocycles. The molecule has 5 heteroatoms. The van der Waals surface area contributed by atoms with Crippen LogP contribution in [0.2, 0.25) is 0 Å². The summed E-state index contributed by atoms with van der Waals surface area (Å²) in [5, 5.41) is 9.35. The SMILES string of the molecule is Cc1ccccc1-c1csc(NC(=O)CC2CC3CCC(C2)N3)n1. The smallest absolute Gasteiger partial charge is 0.226 e. The van der Waals surface area contributed by atoms with Crippen LogP contribution >= 0.6 is 11.3 Å². The monoisotopic (exact) mass is 341 g/mol. The largest absolute Gasteiger partial charge is 0.311 e. The lowest BCUT2D eigenvalue weighted by atomic mass is 9.89. The first-order valence-electron chi connectivity index (χ1n) is 8.75. The van der Waals surface area contributed by atoms with Crippen LogP contribution in [0.5, 0.6) is 0 Å². The number of fused-ring (bicyclic) bond motifs is 2. The summed E-state index contributed by atoms with van der Waals surface area (Å²) in [6.07, 6.45) is 5.44. The van der Waals surface area contributed by atoms with Crippen LogP contribution in [0, 0.1) is 12.8 Å². The third-order valence-corrected chi connectivity index (χ3v) is 5.97. The van der Waals surface area contributed by atoms with Crippen LogP contribution in [-0.4, -0.2) is 23.0 Å². The van der Waals surface area contributed by atoms with E-state index in [1.807, 2.05) is 17.5 Å². The summed E-state index contributed by atoms with van der Waals surface area (Å²) in [7, 11) is 0. The predicted molar refractivity (Wildman–Crippen MR) is 98.2 cm³/mol. The van der Waals surface area contributed by atoms with Crippen molar-refractivity contribution in [1.29, 1.82) is 0 Å². The molecule has 0 spiro atoms. The number of thiazole rings is 1. The molecule has 24 heavy (non-hydrogen) atoms. The first kappa shape index (κ1) is 15.8. The van der Waals surface area contributed by atoms with E-state index in [0.29, 0.717) is 29.6 Å². The van der Waals surface area contributed by atoms with Gasteiger partial charge in [0.1, 0.15) is 0 Å². The van der Waals surface area contributed by atoms with Crippen LogP contribution in [0.15, 0.2) is 29.6 Å². The van der Waals surface area contributed by atoms with Crippen molar-refractivity contribution in [1.82, 2.24) is 10.3 Å². The summed E-state index contributed by atoms with van der Waals surface area (Å²) in [6.45, 7) is 2.08. The van der Waals surface area contributed by atoms with Crippen LogP contribution in [0.4, 0.5) is 5.13 Å². The maximum Gasteiger partial charge on any atom is 0.226 e. The average molecular weight is 341 g/mol. The first-order valence-corrected chi connectivity index (χ1v) is 9.63. The summed E-state index contributed by atoms with van der Waals surface area (Å²) in [4.78, 5) is 17.0. The van der Waals surface area contributed by atoms with Gasteiger partial charge in [0.25, 0.3) is 0 Å². The molecule has 0 aliphatic carbocycles. The number of nitrogens with one attached hydrogen (secondary N) is 2. The van der Waals surface area contributed by atoms with Gasteiger partial charge in [-0.1, -0.05) is 24.3 Å². The number of rotatable bonds is 4. The second-order valence-corrected chi connectivity index (χ2v) is 7.94. The molecule has 2 aromatic rings. The molecule has 0 radical (unpaired) electrons. The third-order valence-electron chi connectivity index (χ3n) is 5.22. The molecule has 1 aromatic carbocycles. The fraction of sp³-hybridized carbons (Fsp3) is 0.474. The van der Waals surface area contributed by atoms with Gasteiger partial charge in [0.15, 0.2) is 5.13 Å². The Labute approximate surface area is 146 Å². The van der Waals surface area contributed by atoms with Gasteiger partial charge in [0, 0.05) is 29.4 Å². The molecule has 126 valence electrons. The van der Waals surface area contributed by atoms with Crippen LogP contribution in [0.1, 0.15) is 37.7 Å². The number of hydrogen-bond donors (Lipinski definition) is 2. The number of aromatic nitrogens is 1. The number of amides is 1. The van der Waals surface area contributed by atoms with E-state index in [1.54, 1.807) is 0 Å². The minimum atomic E-state index is 0.104. The van der Waals surface area contributed by atoms with Gasteiger partial charge >= 0.3 is 0 Å². The Morgan fingerprint density at radius 2 is 2.04 bits per heavy atom. The van der Waals surface area contributed by atoms with Gasteiger partial charge in [-0.3, -0.25) is 4.79 Å². The predicted octanol–water partition coefficient (Wildman–Crippen LogP) is 3.98. The number of carbonyl (C=O) groups is 1. The minimum Gasteiger partial charge on any atom is -0.311 e. The van der Waals surface area contributed by atoms with E-state index >= 15 is 0 Å². The summed E-state index contributed by atoms with van der Waals surface area (Å²) in [6, 6.07) is 9.47. The number of nitrogens with zero attached hydrogens (tertiary/aromatic N) is 1. The summed E-state index contributed by atoms with van der Waals surface area (Å²) < 4.78 is 0. The van der Waals surface area contributed by atoms with Crippen molar-refractivity contribution in [3.05, 3.63) is 35.2 Å². The molecule has 0 saturated carbocycles. The lowest BCUT2D eigenvalue weighted by molar-refractivity contribution is -0.117. The molecule has 2 saturated heterocycles. The van der Waals surface area contributed by atoms with E-state index in [2.05, 4.69) is 34.7 Å². The molecule has 4 nitrogen and oxygen atoms in total. The molecule has 1 amide bonds. The van der Waals surface area contributed by atoms with Crippen molar-refractivity contribution in [2.75, 3.05) is 5.32 Å². The van der Waals surface area contributed by atoms with Gasteiger partial charge in [-0.05, 0) is 44.1 Å². The van der Waals surface area contributed by atoms with Crippen molar-refractivity contribution < 1.29 is 4.79 Å². The molecule has 2 fully saturated rings. The molecule has 2 bridgehead atoms. The van der Waals surface area contributed by atoms with E-state index in [-0.39, 0.29) is 5.91 Å². The average Bonchev–Trinajstić information content (AvgIpc) is 3.14. The molecule has 4 rings (SSSR count). The van der Waals surface area contributed by atoms with Crippen LogP contribution in [0.25, 0.3) is 11.3 Å². The zero-order valence-corrected chi connectivity index (χ0v) is 14.7. The number of aryl methyl sites for hydroxylation is 1. The highest BCUT2D eigenvalue weighted by Crippen LogP contribution is 2.33. The maximum atomic E-state index is 12.4. The van der Waals surface area contributed by atoms with Gasteiger partial charge in [0.05, 0.1) is 5.69 Å². The Kier molecular flexibility index (Phi) is 4.37. The Bertz CT molecular complexity index is 730. The lowest BCUT2D eigenvalue weighted by Crippen LogP contribution is -2.39. The Morgan fingerprint density at radius 3 is 2.79 bits per heavy atom. The highest BCUT2D eigenvalue weighted by atomic mass is 32.1. The number of anilines is 1. The van der Waals surface area contributed by atoms with Crippen LogP contribution in [-0.2, 0) is 4.79 Å². The number of benzene rings is 1. The molecule has 2 atom stereocenters. The van der Waals surface area contributed by atoms with E-state index in [0.717, 1.165) is 24.1 Å². The Hall–Kier alpha value is -1.72. The molecule has 2 N–H and O–H groups in total. The number of piperidine rings is 1. The first-order chi connectivity index (χ1) is 11.7. The van der Waals surface area contributed by atoms with Gasteiger partial charge in [0.2, 0.25) is 5.91 Å². The normalized spacial score (nSPS) is 25.6. The van der Waals surface area contributed by atoms with E-state index in [9.17, 15) is 4.79 Å². The summed E-state index contributed by atoms with van der Waals surface area (Å²) in [5.74, 6) is 0.617. The number of carbonyl (C=O) groups excluding carboxylic acids is 1. The topological polar surface area (TPSA) is 54.0 Å². The molecule has 1 aromatic heterocycles. The van der Waals surface area contributed by atoms with Gasteiger partial charge < -0.3 is 10.6 Å². The number of hydrogen-bond acceptors (Lipinski definition) is 4. The van der Waals surface area contributed by atoms with Gasteiger partial charge in [-0.25, -0.2) is 4.98 Å². The van der Waals surface area contributed by atoms with E-state index in [1.165, 1.54) is 29.7 Å². The molecular formula is C19H23N3OS. The van der Waals surface area contributed by atoms with Crippen LogP contribution < -0.4 is 10.6 Å². The molecule has 2 aliphatic heterocycles. The van der Waals surface area contributed by atoms with Crippen molar-refractivity contribution in [3.8, 4) is 11.3 Å². The maximum absolute atomic E-state index is 12.4. The third kappa shape index (κ3) is 3.37.